The molecule has 1 aliphatic heterocycles. The Bertz CT molecular complexity index is 613. The molecule has 0 N–H and O–H groups in total. The van der Waals surface area contributed by atoms with E-state index in [9.17, 15) is 4.79 Å². The van der Waals surface area contributed by atoms with E-state index in [4.69, 9.17) is 0 Å². The first-order valence-electron chi connectivity index (χ1n) is 7.49. The largest absolute Gasteiger partial charge is 0.337 e. The summed E-state index contributed by atoms with van der Waals surface area (Å²) in [6.45, 7) is 3.53. The number of aryl methyl sites for hydroxylation is 2. The van der Waals surface area contributed by atoms with Crippen LogP contribution in [0.25, 0.3) is 0 Å². The zero-order valence-corrected chi connectivity index (χ0v) is 12.6. The summed E-state index contributed by atoms with van der Waals surface area (Å²) in [4.78, 5) is 18.9. The fraction of sp³-hybridized carbons (Fsp3) is 0.412. The van der Waals surface area contributed by atoms with Crippen molar-refractivity contribution in [2.75, 3.05) is 13.1 Å². The minimum atomic E-state index is 0.105. The van der Waals surface area contributed by atoms with E-state index in [0.717, 1.165) is 31.6 Å². The van der Waals surface area contributed by atoms with Gasteiger partial charge in [0.25, 0.3) is 5.91 Å². The summed E-state index contributed by atoms with van der Waals surface area (Å²) < 4.78 is 1.82. The highest BCUT2D eigenvalue weighted by molar-refractivity contribution is 5.93. The molecule has 0 spiro atoms. The molecule has 4 nitrogen and oxygen atoms in total. The van der Waals surface area contributed by atoms with E-state index in [1.54, 1.807) is 6.33 Å². The number of nitrogens with zero attached hydrogens (tertiary/aromatic N) is 3. The number of hydrogen-bond acceptors (Lipinski definition) is 2. The summed E-state index contributed by atoms with van der Waals surface area (Å²) in [6.07, 6.45) is 3.92. The number of likely N-dealkylation sites (tertiary alicyclic amines) is 1. The molecule has 0 radical (unpaired) electrons. The number of piperidine rings is 1. The quantitative estimate of drug-likeness (QED) is 0.850. The second-order valence-corrected chi connectivity index (χ2v) is 5.79. The van der Waals surface area contributed by atoms with Gasteiger partial charge < -0.3 is 9.47 Å². The minimum absolute atomic E-state index is 0.105. The average molecular weight is 283 g/mol. The summed E-state index contributed by atoms with van der Waals surface area (Å²) in [6, 6.07) is 10.5. The third-order valence-electron chi connectivity index (χ3n) is 4.30. The maximum absolute atomic E-state index is 12.7. The molecule has 1 atom stereocenters. The minimum Gasteiger partial charge on any atom is -0.337 e. The van der Waals surface area contributed by atoms with Crippen molar-refractivity contribution in [2.45, 2.75) is 25.7 Å². The van der Waals surface area contributed by atoms with Crippen LogP contribution < -0.4 is 0 Å². The van der Waals surface area contributed by atoms with Crippen LogP contribution in [0.5, 0.6) is 0 Å². The van der Waals surface area contributed by atoms with Crippen LogP contribution >= 0.6 is 0 Å². The molecule has 2 aromatic rings. The molecular weight excluding hydrogens is 262 g/mol. The van der Waals surface area contributed by atoms with Gasteiger partial charge in [0, 0.05) is 26.1 Å². The van der Waals surface area contributed by atoms with Gasteiger partial charge in [-0.2, -0.15) is 0 Å². The molecule has 0 aliphatic carbocycles. The fourth-order valence-electron chi connectivity index (χ4n) is 3.16. The number of benzene rings is 1. The molecule has 1 aromatic heterocycles. The molecule has 1 aromatic carbocycles. The number of carbonyl (C=O) groups is 1. The van der Waals surface area contributed by atoms with E-state index in [0.29, 0.717) is 11.6 Å². The average Bonchev–Trinajstić information content (AvgIpc) is 2.86. The van der Waals surface area contributed by atoms with E-state index in [1.807, 2.05) is 29.5 Å². The van der Waals surface area contributed by atoms with Crippen molar-refractivity contribution in [1.29, 1.82) is 0 Å². The Balaban J connectivity index is 1.79. The lowest BCUT2D eigenvalue weighted by Crippen LogP contribution is -2.40. The molecule has 0 saturated carbocycles. The van der Waals surface area contributed by atoms with Crippen LogP contribution in [0, 0.1) is 6.92 Å². The second-order valence-electron chi connectivity index (χ2n) is 5.79. The highest BCUT2D eigenvalue weighted by atomic mass is 16.2. The predicted octanol–water partition coefficient (Wildman–Crippen LogP) is 2.75. The first-order chi connectivity index (χ1) is 10.2. The maximum atomic E-state index is 12.7. The van der Waals surface area contributed by atoms with Gasteiger partial charge in [-0.3, -0.25) is 4.79 Å². The summed E-state index contributed by atoms with van der Waals surface area (Å²) in [7, 11) is 1.88. The van der Waals surface area contributed by atoms with Gasteiger partial charge in [0.05, 0.1) is 12.0 Å². The molecule has 1 aliphatic rings. The SMILES string of the molecule is Cc1ncn(C)c1C(=O)N1CCC[C@H](c2ccccc2)C1. The summed E-state index contributed by atoms with van der Waals surface area (Å²) >= 11 is 0. The van der Waals surface area contributed by atoms with Gasteiger partial charge in [-0.05, 0) is 25.3 Å². The zero-order valence-electron chi connectivity index (χ0n) is 12.6. The van der Waals surface area contributed by atoms with Crippen molar-refractivity contribution in [3.63, 3.8) is 0 Å². The van der Waals surface area contributed by atoms with Crippen LogP contribution in [-0.4, -0.2) is 33.4 Å². The number of imidazole rings is 1. The van der Waals surface area contributed by atoms with Gasteiger partial charge in [0.15, 0.2) is 0 Å². The van der Waals surface area contributed by atoms with Gasteiger partial charge in [-0.15, -0.1) is 0 Å². The predicted molar refractivity (Wildman–Crippen MR) is 82.3 cm³/mol. The summed E-state index contributed by atoms with van der Waals surface area (Å²) in [5, 5.41) is 0. The van der Waals surface area contributed by atoms with E-state index < -0.39 is 0 Å². The number of amides is 1. The Morgan fingerprint density at radius 2 is 2.05 bits per heavy atom. The van der Waals surface area contributed by atoms with Gasteiger partial charge in [-0.1, -0.05) is 30.3 Å². The third kappa shape index (κ3) is 2.71. The van der Waals surface area contributed by atoms with Gasteiger partial charge in [0.2, 0.25) is 0 Å². The van der Waals surface area contributed by atoms with Crippen molar-refractivity contribution < 1.29 is 4.79 Å². The van der Waals surface area contributed by atoms with Crippen molar-refractivity contribution >= 4 is 5.91 Å². The molecule has 0 bridgehead atoms. The number of aromatic nitrogens is 2. The molecule has 1 saturated heterocycles. The zero-order chi connectivity index (χ0) is 14.8. The van der Waals surface area contributed by atoms with E-state index in [2.05, 4.69) is 29.2 Å². The van der Waals surface area contributed by atoms with Crippen LogP contribution in [0.15, 0.2) is 36.7 Å². The van der Waals surface area contributed by atoms with Crippen molar-refractivity contribution in [3.8, 4) is 0 Å². The highest BCUT2D eigenvalue weighted by Gasteiger charge is 2.27. The van der Waals surface area contributed by atoms with E-state index in [1.165, 1.54) is 5.56 Å². The Hall–Kier alpha value is -2.10. The van der Waals surface area contributed by atoms with Crippen LogP contribution in [0.3, 0.4) is 0 Å². The molecule has 1 fully saturated rings. The van der Waals surface area contributed by atoms with Crippen LogP contribution in [0.1, 0.15) is 40.5 Å². The summed E-state index contributed by atoms with van der Waals surface area (Å²) in [5.41, 5.74) is 2.85. The Labute approximate surface area is 125 Å². The second kappa shape index (κ2) is 5.72. The van der Waals surface area contributed by atoms with Gasteiger partial charge in [0.1, 0.15) is 5.69 Å². The Kier molecular flexibility index (Phi) is 3.78. The normalized spacial score (nSPS) is 18.8. The molecule has 110 valence electrons. The number of hydrogen-bond donors (Lipinski definition) is 0. The molecule has 0 unspecified atom stereocenters. The molecule has 21 heavy (non-hydrogen) atoms. The lowest BCUT2D eigenvalue weighted by Gasteiger charge is -2.33. The van der Waals surface area contributed by atoms with E-state index >= 15 is 0 Å². The first-order valence-corrected chi connectivity index (χ1v) is 7.49. The van der Waals surface area contributed by atoms with Crippen LogP contribution in [0.4, 0.5) is 0 Å². The molecule has 3 rings (SSSR count). The maximum Gasteiger partial charge on any atom is 0.272 e. The number of rotatable bonds is 2. The van der Waals surface area contributed by atoms with Crippen molar-refractivity contribution in [3.05, 3.63) is 53.6 Å². The van der Waals surface area contributed by atoms with Crippen LogP contribution in [-0.2, 0) is 7.05 Å². The van der Waals surface area contributed by atoms with Crippen LogP contribution in [0.2, 0.25) is 0 Å². The Morgan fingerprint density at radius 3 is 2.71 bits per heavy atom. The molecule has 1 amide bonds. The first kappa shape index (κ1) is 13.9. The third-order valence-corrected chi connectivity index (χ3v) is 4.30. The fourth-order valence-corrected chi connectivity index (χ4v) is 3.16. The number of carbonyl (C=O) groups excluding carboxylic acids is 1. The standard InChI is InChI=1S/C17H21N3O/c1-13-16(19(2)12-18-13)17(21)20-10-6-9-15(11-20)14-7-4-3-5-8-14/h3-5,7-8,12,15H,6,9-11H2,1-2H3/t15-/m0/s1. The molecular formula is C17H21N3O. The van der Waals surface area contributed by atoms with Crippen molar-refractivity contribution in [2.24, 2.45) is 7.05 Å². The topological polar surface area (TPSA) is 38.1 Å². The lowest BCUT2D eigenvalue weighted by molar-refractivity contribution is 0.0696. The smallest absolute Gasteiger partial charge is 0.272 e. The van der Waals surface area contributed by atoms with Gasteiger partial charge >= 0.3 is 0 Å². The lowest BCUT2D eigenvalue weighted by atomic mass is 9.90. The Morgan fingerprint density at radius 1 is 1.29 bits per heavy atom. The summed E-state index contributed by atoms with van der Waals surface area (Å²) in [5.74, 6) is 0.547. The van der Waals surface area contributed by atoms with Crippen molar-refractivity contribution in [1.82, 2.24) is 14.5 Å². The van der Waals surface area contributed by atoms with E-state index in [-0.39, 0.29) is 5.91 Å². The van der Waals surface area contributed by atoms with Gasteiger partial charge in [-0.25, -0.2) is 4.98 Å². The molecule has 2 heterocycles. The monoisotopic (exact) mass is 283 g/mol. The molecule has 4 heteroatoms. The highest BCUT2D eigenvalue weighted by Crippen LogP contribution is 2.27.